The van der Waals surface area contributed by atoms with Crippen molar-refractivity contribution >= 4 is 23.2 Å². The zero-order valence-electron chi connectivity index (χ0n) is 9.84. The van der Waals surface area contributed by atoms with Crippen LogP contribution < -0.4 is 4.90 Å². The van der Waals surface area contributed by atoms with Gasteiger partial charge in [-0.15, -0.1) is 0 Å². The molecule has 3 rings (SSSR count). The SMILES string of the molecule is CN1C(=O)/C(=C\c2ccc[nH]2)c2cc(O)ccc21. The van der Waals surface area contributed by atoms with Crippen molar-refractivity contribution in [2.45, 2.75) is 0 Å². The Morgan fingerprint density at radius 3 is 2.89 bits per heavy atom. The lowest BCUT2D eigenvalue weighted by molar-refractivity contribution is -0.112. The van der Waals surface area contributed by atoms with Crippen molar-refractivity contribution in [1.29, 1.82) is 0 Å². The summed E-state index contributed by atoms with van der Waals surface area (Å²) in [7, 11) is 1.73. The van der Waals surface area contributed by atoms with Gasteiger partial charge in [-0.3, -0.25) is 4.79 Å². The lowest BCUT2D eigenvalue weighted by Crippen LogP contribution is -2.20. The topological polar surface area (TPSA) is 56.3 Å². The third-order valence-electron chi connectivity index (χ3n) is 3.09. The number of phenolic OH excluding ortho intramolecular Hbond substituents is 1. The minimum Gasteiger partial charge on any atom is -0.508 e. The molecule has 18 heavy (non-hydrogen) atoms. The number of aromatic amines is 1. The molecule has 0 unspecified atom stereocenters. The summed E-state index contributed by atoms with van der Waals surface area (Å²) in [5.41, 5.74) is 3.03. The van der Waals surface area contributed by atoms with E-state index in [1.807, 2.05) is 12.1 Å². The Bertz CT molecular complexity index is 642. The van der Waals surface area contributed by atoms with Gasteiger partial charge in [0.2, 0.25) is 0 Å². The molecule has 4 heteroatoms. The molecule has 2 aromatic rings. The number of amides is 1. The molecule has 0 atom stereocenters. The van der Waals surface area contributed by atoms with Crippen LogP contribution in [0.3, 0.4) is 0 Å². The normalized spacial score (nSPS) is 16.4. The summed E-state index contributed by atoms with van der Waals surface area (Å²) in [5, 5.41) is 9.55. The quantitative estimate of drug-likeness (QED) is 0.751. The number of hydrogen-bond donors (Lipinski definition) is 2. The van der Waals surface area contributed by atoms with Crippen molar-refractivity contribution in [3.63, 3.8) is 0 Å². The molecule has 0 saturated carbocycles. The van der Waals surface area contributed by atoms with E-state index in [1.165, 1.54) is 0 Å². The van der Waals surface area contributed by atoms with Crippen LogP contribution in [0.15, 0.2) is 36.5 Å². The fraction of sp³-hybridized carbons (Fsp3) is 0.0714. The monoisotopic (exact) mass is 240 g/mol. The average molecular weight is 240 g/mol. The molecule has 1 amide bonds. The van der Waals surface area contributed by atoms with Crippen LogP contribution >= 0.6 is 0 Å². The Kier molecular flexibility index (Phi) is 2.23. The number of benzene rings is 1. The minimum absolute atomic E-state index is 0.0646. The van der Waals surface area contributed by atoms with E-state index >= 15 is 0 Å². The summed E-state index contributed by atoms with van der Waals surface area (Å²) in [6.07, 6.45) is 3.60. The Morgan fingerprint density at radius 2 is 2.17 bits per heavy atom. The minimum atomic E-state index is -0.0646. The summed E-state index contributed by atoms with van der Waals surface area (Å²) in [6.45, 7) is 0. The second-order valence-corrected chi connectivity index (χ2v) is 4.25. The molecule has 90 valence electrons. The first kappa shape index (κ1) is 10.7. The Labute approximate surface area is 104 Å². The van der Waals surface area contributed by atoms with Crippen LogP contribution in [-0.4, -0.2) is 23.0 Å². The van der Waals surface area contributed by atoms with Crippen molar-refractivity contribution in [2.75, 3.05) is 11.9 Å². The Balaban J connectivity index is 2.18. The largest absolute Gasteiger partial charge is 0.508 e. The van der Waals surface area contributed by atoms with Gasteiger partial charge in [-0.1, -0.05) is 0 Å². The summed E-state index contributed by atoms with van der Waals surface area (Å²) in [5.74, 6) is 0.0967. The number of carbonyl (C=O) groups excluding carboxylic acids is 1. The second-order valence-electron chi connectivity index (χ2n) is 4.25. The first-order valence-electron chi connectivity index (χ1n) is 5.63. The average Bonchev–Trinajstić information content (AvgIpc) is 2.93. The molecule has 1 aromatic carbocycles. The van der Waals surface area contributed by atoms with Crippen LogP contribution in [0.2, 0.25) is 0 Å². The first-order chi connectivity index (χ1) is 8.66. The number of fused-ring (bicyclic) bond motifs is 1. The number of nitrogens with zero attached hydrogens (tertiary/aromatic N) is 1. The molecule has 0 bridgehead atoms. The fourth-order valence-corrected chi connectivity index (χ4v) is 2.17. The van der Waals surface area contributed by atoms with Gasteiger partial charge in [0.25, 0.3) is 5.91 Å². The maximum absolute atomic E-state index is 12.2. The highest BCUT2D eigenvalue weighted by Gasteiger charge is 2.29. The predicted octanol–water partition coefficient (Wildman–Crippen LogP) is 2.24. The van der Waals surface area contributed by atoms with Gasteiger partial charge in [-0.2, -0.15) is 0 Å². The highest BCUT2D eigenvalue weighted by molar-refractivity contribution is 6.35. The van der Waals surface area contributed by atoms with E-state index in [0.29, 0.717) is 5.57 Å². The van der Waals surface area contributed by atoms with E-state index in [4.69, 9.17) is 0 Å². The molecule has 0 spiro atoms. The third-order valence-corrected chi connectivity index (χ3v) is 3.09. The lowest BCUT2D eigenvalue weighted by Gasteiger charge is -2.08. The molecule has 4 nitrogen and oxygen atoms in total. The lowest BCUT2D eigenvalue weighted by atomic mass is 10.1. The van der Waals surface area contributed by atoms with E-state index in [-0.39, 0.29) is 11.7 Å². The molecular weight excluding hydrogens is 228 g/mol. The van der Waals surface area contributed by atoms with Crippen LogP contribution in [0, 0.1) is 0 Å². The van der Waals surface area contributed by atoms with Crippen LogP contribution in [0.5, 0.6) is 5.75 Å². The highest BCUT2D eigenvalue weighted by atomic mass is 16.3. The molecule has 0 saturated heterocycles. The molecular formula is C14H12N2O2. The number of hydrogen-bond acceptors (Lipinski definition) is 2. The molecule has 0 fully saturated rings. The van der Waals surface area contributed by atoms with Crippen molar-refractivity contribution in [1.82, 2.24) is 4.98 Å². The van der Waals surface area contributed by atoms with Gasteiger partial charge in [0.15, 0.2) is 0 Å². The predicted molar refractivity (Wildman–Crippen MR) is 70.2 cm³/mol. The number of carbonyl (C=O) groups is 1. The molecule has 1 aromatic heterocycles. The van der Waals surface area contributed by atoms with Crippen molar-refractivity contribution in [3.8, 4) is 5.75 Å². The van der Waals surface area contributed by atoms with Gasteiger partial charge >= 0.3 is 0 Å². The van der Waals surface area contributed by atoms with Gasteiger partial charge in [-0.05, 0) is 36.4 Å². The molecule has 0 aliphatic carbocycles. The van der Waals surface area contributed by atoms with Crippen LogP contribution in [-0.2, 0) is 4.79 Å². The molecule has 1 aliphatic rings. The summed E-state index contributed by atoms with van der Waals surface area (Å²) in [6, 6.07) is 8.71. The number of aromatic hydroxyl groups is 1. The number of aromatic nitrogens is 1. The second kappa shape index (κ2) is 3.77. The van der Waals surface area contributed by atoms with Gasteiger partial charge in [-0.25, -0.2) is 0 Å². The maximum atomic E-state index is 12.2. The number of rotatable bonds is 1. The van der Waals surface area contributed by atoms with Crippen LogP contribution in [0.25, 0.3) is 11.6 Å². The van der Waals surface area contributed by atoms with Gasteiger partial charge in [0, 0.05) is 24.5 Å². The van der Waals surface area contributed by atoms with E-state index < -0.39 is 0 Å². The zero-order chi connectivity index (χ0) is 12.7. The van der Waals surface area contributed by atoms with Gasteiger partial charge in [0.05, 0.1) is 11.3 Å². The van der Waals surface area contributed by atoms with Gasteiger partial charge < -0.3 is 15.0 Å². The summed E-state index contributed by atoms with van der Waals surface area (Å²) >= 11 is 0. The van der Waals surface area contributed by atoms with E-state index in [1.54, 1.807) is 42.4 Å². The molecule has 2 heterocycles. The third kappa shape index (κ3) is 1.50. The number of likely N-dealkylation sites (N-methyl/N-ethyl adjacent to an activating group) is 1. The Morgan fingerprint density at radius 1 is 1.33 bits per heavy atom. The first-order valence-corrected chi connectivity index (χ1v) is 5.63. The van der Waals surface area contributed by atoms with Crippen molar-refractivity contribution in [3.05, 3.63) is 47.8 Å². The zero-order valence-corrected chi connectivity index (χ0v) is 9.84. The van der Waals surface area contributed by atoms with Crippen molar-refractivity contribution < 1.29 is 9.90 Å². The molecule has 0 radical (unpaired) electrons. The number of anilines is 1. The number of phenols is 1. The van der Waals surface area contributed by atoms with Crippen LogP contribution in [0.4, 0.5) is 5.69 Å². The fourth-order valence-electron chi connectivity index (χ4n) is 2.17. The van der Waals surface area contributed by atoms with Crippen molar-refractivity contribution in [2.24, 2.45) is 0 Å². The Hall–Kier alpha value is -2.49. The maximum Gasteiger partial charge on any atom is 0.258 e. The highest BCUT2D eigenvalue weighted by Crippen LogP contribution is 2.38. The standard InChI is InChI=1S/C14H12N2O2/c1-16-13-5-4-10(17)8-11(13)12(14(16)18)7-9-3-2-6-15-9/h2-8,15,17H,1H3/b12-7-. The van der Waals surface area contributed by atoms with E-state index in [0.717, 1.165) is 16.9 Å². The van der Waals surface area contributed by atoms with E-state index in [9.17, 15) is 9.90 Å². The van der Waals surface area contributed by atoms with E-state index in [2.05, 4.69) is 4.98 Å². The summed E-state index contributed by atoms with van der Waals surface area (Å²) < 4.78 is 0. The number of H-pyrrole nitrogens is 1. The summed E-state index contributed by atoms with van der Waals surface area (Å²) in [4.78, 5) is 16.8. The number of nitrogens with one attached hydrogen (secondary N) is 1. The smallest absolute Gasteiger partial charge is 0.258 e. The molecule has 2 N–H and O–H groups in total. The molecule has 1 aliphatic heterocycles. The van der Waals surface area contributed by atoms with Gasteiger partial charge in [0.1, 0.15) is 5.75 Å². The van der Waals surface area contributed by atoms with Crippen LogP contribution in [0.1, 0.15) is 11.3 Å².